The van der Waals surface area contributed by atoms with Crippen molar-refractivity contribution < 1.29 is 44.2 Å². The van der Waals surface area contributed by atoms with Crippen LogP contribution in [0.4, 0.5) is 0 Å². The molecule has 0 aromatic heterocycles. The average molecular weight is 142 g/mol. The summed E-state index contributed by atoms with van der Waals surface area (Å²) in [5.74, 6) is 0. The molecule has 50 valence electrons. The first-order valence-corrected chi connectivity index (χ1v) is 2.46. The third kappa shape index (κ3) is 59.0. The van der Waals surface area contributed by atoms with Crippen LogP contribution in [0.2, 0.25) is 0 Å². The Bertz CT molecular complexity index is 41.2. The van der Waals surface area contributed by atoms with Gasteiger partial charge in [0.05, 0.1) is 6.61 Å². The van der Waals surface area contributed by atoms with Crippen LogP contribution in [0.25, 0.3) is 0 Å². The van der Waals surface area contributed by atoms with Crippen LogP contribution in [0.15, 0.2) is 0 Å². The average Bonchev–Trinajstić information content (AvgIpc) is 1.71. The van der Waals surface area contributed by atoms with Crippen LogP contribution in [-0.4, -0.2) is 19.7 Å². The molecule has 0 atom stereocenters. The van der Waals surface area contributed by atoms with Gasteiger partial charge in [-0.2, -0.15) is 0 Å². The van der Waals surface area contributed by atoms with Gasteiger partial charge in [-0.25, -0.2) is 0 Å². The molecular formula is C5H11NaO3. The molecule has 0 radical (unpaired) electrons. The predicted octanol–water partition coefficient (Wildman–Crippen LogP) is -3.45. The van der Waals surface area contributed by atoms with E-state index in [1.54, 1.807) is 13.8 Å². The maximum absolute atomic E-state index is 9.18. The summed E-state index contributed by atoms with van der Waals surface area (Å²) in [6.07, 6.45) is 0. The smallest absolute Gasteiger partial charge is 0.855 e. The molecule has 0 unspecified atom stereocenters. The molecular weight excluding hydrogens is 131 g/mol. The molecule has 0 N–H and O–H groups in total. The topological polar surface area (TPSA) is 49.4 Å². The minimum Gasteiger partial charge on any atom is -0.855 e. The molecule has 0 aliphatic rings. The van der Waals surface area contributed by atoms with Crippen molar-refractivity contribution >= 4 is 6.47 Å². The second-order valence-corrected chi connectivity index (χ2v) is 0.840. The molecule has 0 heterocycles. The molecule has 4 heteroatoms. The second kappa shape index (κ2) is 23.7. The van der Waals surface area contributed by atoms with Gasteiger partial charge in [0.2, 0.25) is 0 Å². The molecule has 0 aliphatic heterocycles. The predicted molar refractivity (Wildman–Crippen MR) is 28.2 cm³/mol. The summed E-state index contributed by atoms with van der Waals surface area (Å²) in [6.45, 7) is 4.23. The van der Waals surface area contributed by atoms with Crippen LogP contribution in [0.1, 0.15) is 13.8 Å². The first kappa shape index (κ1) is 16.2. The van der Waals surface area contributed by atoms with Crippen LogP contribution in [0, 0.1) is 0 Å². The van der Waals surface area contributed by atoms with E-state index in [1.165, 1.54) is 0 Å². The van der Waals surface area contributed by atoms with E-state index in [-0.39, 0.29) is 36.2 Å². The van der Waals surface area contributed by atoms with E-state index < -0.39 is 0 Å². The molecule has 0 fully saturated rings. The zero-order chi connectivity index (χ0) is 6.83. The van der Waals surface area contributed by atoms with Crippen molar-refractivity contribution in [3.8, 4) is 0 Å². The monoisotopic (exact) mass is 142 g/mol. The first-order chi connectivity index (χ1) is 3.83. The van der Waals surface area contributed by atoms with Crippen molar-refractivity contribution in [2.45, 2.75) is 13.8 Å². The largest absolute Gasteiger partial charge is 1.00 e. The van der Waals surface area contributed by atoms with E-state index in [0.717, 1.165) is 0 Å². The van der Waals surface area contributed by atoms with Crippen molar-refractivity contribution in [3.05, 3.63) is 0 Å². The number of hydrogen-bond donors (Lipinski definition) is 0. The summed E-state index contributed by atoms with van der Waals surface area (Å²) in [7, 11) is 0. The number of rotatable bonds is 2. The van der Waals surface area contributed by atoms with Crippen LogP contribution >= 0.6 is 0 Å². The van der Waals surface area contributed by atoms with Gasteiger partial charge in [0.1, 0.15) is 0 Å². The van der Waals surface area contributed by atoms with Crippen LogP contribution in [0.5, 0.6) is 0 Å². The molecule has 0 aromatic rings. The fraction of sp³-hybridized carbons (Fsp3) is 0.800. The minimum atomic E-state index is 0. The molecule has 0 saturated heterocycles. The van der Waals surface area contributed by atoms with Gasteiger partial charge in [0.25, 0.3) is 6.47 Å². The third-order valence-electron chi connectivity index (χ3n) is 0.235. The quantitative estimate of drug-likeness (QED) is 0.297. The number of carbonyl (C=O) groups excluding carboxylic acids is 1. The van der Waals surface area contributed by atoms with Gasteiger partial charge in [-0.1, -0.05) is 6.92 Å². The summed E-state index contributed by atoms with van der Waals surface area (Å²) < 4.78 is 4.15. The van der Waals surface area contributed by atoms with Gasteiger partial charge in [0.15, 0.2) is 0 Å². The Balaban J connectivity index is -0.0000000800. The maximum atomic E-state index is 9.18. The van der Waals surface area contributed by atoms with Gasteiger partial charge in [0, 0.05) is 0 Å². The number of hydrogen-bond acceptors (Lipinski definition) is 3. The van der Waals surface area contributed by atoms with E-state index in [0.29, 0.717) is 13.1 Å². The zero-order valence-corrected chi connectivity index (χ0v) is 8.22. The minimum absolute atomic E-state index is 0. The Labute approximate surface area is 77.7 Å². The summed E-state index contributed by atoms with van der Waals surface area (Å²) in [6, 6.07) is 0. The molecule has 0 bridgehead atoms. The van der Waals surface area contributed by atoms with Crippen molar-refractivity contribution in [1.29, 1.82) is 0 Å². The Hall–Kier alpha value is 0.430. The van der Waals surface area contributed by atoms with Gasteiger partial charge < -0.3 is 9.84 Å². The Morgan fingerprint density at radius 3 is 1.89 bits per heavy atom. The summed E-state index contributed by atoms with van der Waals surface area (Å²) in [4.78, 5) is 9.18. The first-order valence-electron chi connectivity index (χ1n) is 2.46. The van der Waals surface area contributed by atoms with Gasteiger partial charge >= 0.3 is 29.6 Å². The number of ether oxygens (including phenoxy) is 1. The molecule has 0 amide bonds. The molecule has 9 heavy (non-hydrogen) atoms. The van der Waals surface area contributed by atoms with Gasteiger partial charge in [-0.3, -0.25) is 4.79 Å². The summed E-state index contributed by atoms with van der Waals surface area (Å²) >= 11 is 0. The van der Waals surface area contributed by atoms with E-state index in [1.807, 2.05) is 0 Å². The van der Waals surface area contributed by atoms with E-state index in [2.05, 4.69) is 4.74 Å². The Morgan fingerprint density at radius 2 is 1.89 bits per heavy atom. The normalized spacial score (nSPS) is 5.67. The van der Waals surface area contributed by atoms with Crippen LogP contribution in [-0.2, 0) is 9.53 Å². The number of carbonyl (C=O) groups is 1. The molecule has 0 aromatic carbocycles. The fourth-order valence-electron chi connectivity index (χ4n) is 0.0680. The SMILES string of the molecule is CCOC=O.CC[O-].[Na+]. The molecule has 0 saturated carbocycles. The maximum Gasteiger partial charge on any atom is 1.00 e. The van der Waals surface area contributed by atoms with Crippen molar-refractivity contribution in [3.63, 3.8) is 0 Å². The van der Waals surface area contributed by atoms with Crippen molar-refractivity contribution in [2.75, 3.05) is 13.2 Å². The van der Waals surface area contributed by atoms with E-state index in [9.17, 15) is 4.79 Å². The van der Waals surface area contributed by atoms with Gasteiger partial charge in [-0.05, 0) is 6.92 Å². The van der Waals surface area contributed by atoms with Crippen molar-refractivity contribution in [1.82, 2.24) is 0 Å². The summed E-state index contributed by atoms with van der Waals surface area (Å²) in [5.41, 5.74) is 0. The van der Waals surface area contributed by atoms with E-state index >= 15 is 0 Å². The molecule has 0 aliphatic carbocycles. The standard InChI is InChI=1S/C3H6O2.C2H5O.Na/c1-2-5-3-4;1-2-3;/h3H,2H2,1H3;2H2,1H3;/q;-1;+1. The van der Waals surface area contributed by atoms with Crippen LogP contribution in [0.3, 0.4) is 0 Å². The third-order valence-corrected chi connectivity index (χ3v) is 0.235. The van der Waals surface area contributed by atoms with E-state index in [4.69, 9.17) is 5.11 Å². The zero-order valence-electron chi connectivity index (χ0n) is 6.22. The fourth-order valence-corrected chi connectivity index (χ4v) is 0.0680. The molecule has 3 nitrogen and oxygen atoms in total. The van der Waals surface area contributed by atoms with Crippen molar-refractivity contribution in [2.24, 2.45) is 0 Å². The Kier molecular flexibility index (Phi) is 42.7. The second-order valence-electron chi connectivity index (χ2n) is 0.840. The molecule has 0 spiro atoms. The van der Waals surface area contributed by atoms with Gasteiger partial charge in [-0.15, -0.1) is 6.61 Å². The summed E-state index contributed by atoms with van der Waals surface area (Å²) in [5, 5.41) is 8.93. The van der Waals surface area contributed by atoms with Crippen LogP contribution < -0.4 is 34.7 Å². The Morgan fingerprint density at radius 1 is 1.56 bits per heavy atom. The molecule has 0 rings (SSSR count).